The molecule has 1 unspecified atom stereocenters. The van der Waals surface area contributed by atoms with Crippen molar-refractivity contribution in [2.24, 2.45) is 5.73 Å². The van der Waals surface area contributed by atoms with Crippen molar-refractivity contribution in [3.63, 3.8) is 0 Å². The van der Waals surface area contributed by atoms with Crippen LogP contribution in [0.5, 0.6) is 0 Å². The summed E-state index contributed by atoms with van der Waals surface area (Å²) >= 11 is 0. The molecule has 100 valence electrons. The fourth-order valence-electron chi connectivity index (χ4n) is 1.16. The van der Waals surface area contributed by atoms with E-state index in [1.54, 1.807) is 6.92 Å². The molecule has 0 saturated carbocycles. The summed E-state index contributed by atoms with van der Waals surface area (Å²) in [5.41, 5.74) is 3.45. The average molecular weight is 264 g/mol. The van der Waals surface area contributed by atoms with E-state index in [2.05, 4.69) is 10.3 Å². The zero-order chi connectivity index (χ0) is 13.9. The van der Waals surface area contributed by atoms with Crippen molar-refractivity contribution in [2.45, 2.75) is 19.1 Å². The van der Waals surface area contributed by atoms with Gasteiger partial charge in [0.15, 0.2) is 0 Å². The molecular formula is C9H11F3N4O2. The van der Waals surface area contributed by atoms with Crippen molar-refractivity contribution in [1.82, 2.24) is 4.98 Å². The van der Waals surface area contributed by atoms with Crippen molar-refractivity contribution in [2.75, 3.05) is 11.9 Å². The normalized spacial score (nSPS) is 13.2. The van der Waals surface area contributed by atoms with E-state index < -0.39 is 22.5 Å². The van der Waals surface area contributed by atoms with Gasteiger partial charge in [0.05, 0.1) is 4.92 Å². The molecule has 9 heteroatoms. The summed E-state index contributed by atoms with van der Waals surface area (Å²) in [5.74, 6) is 0. The summed E-state index contributed by atoms with van der Waals surface area (Å²) in [6, 6.07) is 0.243. The Morgan fingerprint density at radius 1 is 1.61 bits per heavy atom. The van der Waals surface area contributed by atoms with E-state index in [0.717, 1.165) is 0 Å². The van der Waals surface area contributed by atoms with Crippen LogP contribution in [0, 0.1) is 10.1 Å². The van der Waals surface area contributed by atoms with Gasteiger partial charge in [-0.1, -0.05) is 0 Å². The van der Waals surface area contributed by atoms with Gasteiger partial charge in [-0.05, 0) is 13.0 Å². The fourth-order valence-corrected chi connectivity index (χ4v) is 1.16. The van der Waals surface area contributed by atoms with Crippen LogP contribution in [0.1, 0.15) is 12.6 Å². The Morgan fingerprint density at radius 2 is 2.22 bits per heavy atom. The van der Waals surface area contributed by atoms with Crippen molar-refractivity contribution in [3.8, 4) is 0 Å². The third kappa shape index (κ3) is 3.55. The van der Waals surface area contributed by atoms with Gasteiger partial charge in [0.2, 0.25) is 0 Å². The molecule has 0 radical (unpaired) electrons. The van der Waals surface area contributed by atoms with Crippen LogP contribution in [0.25, 0.3) is 0 Å². The lowest BCUT2D eigenvalue weighted by molar-refractivity contribution is -0.384. The van der Waals surface area contributed by atoms with Gasteiger partial charge < -0.3 is 11.1 Å². The second kappa shape index (κ2) is 5.17. The number of nitro groups is 1. The topological polar surface area (TPSA) is 94.1 Å². The second-order valence-corrected chi connectivity index (χ2v) is 3.70. The first-order valence-electron chi connectivity index (χ1n) is 4.93. The Hall–Kier alpha value is -1.90. The van der Waals surface area contributed by atoms with Crippen LogP contribution < -0.4 is 11.1 Å². The van der Waals surface area contributed by atoms with Crippen LogP contribution in [0.3, 0.4) is 0 Å². The summed E-state index contributed by atoms with van der Waals surface area (Å²) in [4.78, 5) is 12.9. The zero-order valence-electron chi connectivity index (χ0n) is 9.36. The average Bonchev–Trinajstić information content (AvgIpc) is 2.24. The maximum atomic E-state index is 12.4. The van der Waals surface area contributed by atoms with Crippen molar-refractivity contribution >= 4 is 11.4 Å². The maximum Gasteiger partial charge on any atom is 0.433 e. The van der Waals surface area contributed by atoms with E-state index in [9.17, 15) is 23.3 Å². The lowest BCUT2D eigenvalue weighted by Gasteiger charge is -2.11. The summed E-state index contributed by atoms with van der Waals surface area (Å²) < 4.78 is 37.2. The molecule has 3 N–H and O–H groups in total. The number of rotatable bonds is 4. The number of pyridine rings is 1. The molecule has 1 atom stereocenters. The Bertz CT molecular complexity index is 448. The van der Waals surface area contributed by atoms with E-state index in [1.165, 1.54) is 0 Å². The van der Waals surface area contributed by atoms with Crippen LogP contribution in [-0.2, 0) is 6.18 Å². The minimum atomic E-state index is -4.65. The Morgan fingerprint density at radius 3 is 2.67 bits per heavy atom. The van der Waals surface area contributed by atoms with E-state index >= 15 is 0 Å². The fraction of sp³-hybridized carbons (Fsp3) is 0.444. The number of anilines is 1. The van der Waals surface area contributed by atoms with Crippen LogP contribution in [-0.4, -0.2) is 22.5 Å². The first-order chi connectivity index (χ1) is 8.21. The monoisotopic (exact) mass is 264 g/mol. The molecule has 0 aromatic carbocycles. The lowest BCUT2D eigenvalue weighted by atomic mass is 10.2. The zero-order valence-corrected chi connectivity index (χ0v) is 9.36. The third-order valence-corrected chi connectivity index (χ3v) is 1.98. The number of aromatic nitrogens is 1. The van der Waals surface area contributed by atoms with Gasteiger partial charge in [-0.25, -0.2) is 4.98 Å². The summed E-state index contributed by atoms with van der Waals surface area (Å²) in [7, 11) is 0. The largest absolute Gasteiger partial charge is 0.433 e. The van der Waals surface area contributed by atoms with E-state index in [0.29, 0.717) is 12.3 Å². The Labute approximate surface area is 100 Å². The van der Waals surface area contributed by atoms with Gasteiger partial charge in [-0.15, -0.1) is 0 Å². The highest BCUT2D eigenvalue weighted by molar-refractivity contribution is 5.61. The Balaban J connectivity index is 3.12. The first kappa shape index (κ1) is 14.2. The molecule has 1 aromatic heterocycles. The predicted molar refractivity (Wildman–Crippen MR) is 58.0 cm³/mol. The minimum Gasteiger partial charge on any atom is -0.378 e. The molecule has 18 heavy (non-hydrogen) atoms. The van der Waals surface area contributed by atoms with Crippen molar-refractivity contribution in [3.05, 3.63) is 28.1 Å². The second-order valence-electron chi connectivity index (χ2n) is 3.70. The number of alkyl halides is 3. The number of nitrogens with one attached hydrogen (secondary N) is 1. The van der Waals surface area contributed by atoms with Crippen molar-refractivity contribution < 1.29 is 18.1 Å². The third-order valence-electron chi connectivity index (χ3n) is 1.98. The van der Waals surface area contributed by atoms with Gasteiger partial charge >= 0.3 is 11.9 Å². The minimum absolute atomic E-state index is 0.113. The van der Waals surface area contributed by atoms with Crippen LogP contribution in [0.2, 0.25) is 0 Å². The van der Waals surface area contributed by atoms with Crippen LogP contribution in [0.4, 0.5) is 24.5 Å². The standard InChI is InChI=1S/C9H11F3N4O2/c1-5(13)3-14-6-2-8(9(10,11)12)15-4-7(6)16(17)18/h2,4-5H,3,13H2,1H3,(H,14,15). The highest BCUT2D eigenvalue weighted by Gasteiger charge is 2.34. The number of hydrogen-bond donors (Lipinski definition) is 2. The number of nitrogens with zero attached hydrogens (tertiary/aromatic N) is 2. The number of nitrogens with two attached hydrogens (primary N) is 1. The first-order valence-corrected chi connectivity index (χ1v) is 4.93. The smallest absolute Gasteiger partial charge is 0.378 e. The predicted octanol–water partition coefficient (Wildman–Crippen LogP) is 1.77. The molecule has 1 aromatic rings. The molecule has 1 heterocycles. The number of hydrogen-bond acceptors (Lipinski definition) is 5. The molecule has 0 amide bonds. The molecule has 0 aliphatic heterocycles. The lowest BCUT2D eigenvalue weighted by Crippen LogP contribution is -2.25. The molecular weight excluding hydrogens is 253 g/mol. The molecule has 0 aliphatic carbocycles. The summed E-state index contributed by atoms with van der Waals surface area (Å²) in [6.07, 6.45) is -4.08. The maximum absolute atomic E-state index is 12.4. The molecule has 0 saturated heterocycles. The van der Waals surface area contributed by atoms with Gasteiger partial charge in [0.25, 0.3) is 0 Å². The molecule has 0 bridgehead atoms. The quantitative estimate of drug-likeness (QED) is 0.638. The van der Waals surface area contributed by atoms with E-state index in [4.69, 9.17) is 5.73 Å². The SMILES string of the molecule is CC(N)CNc1cc(C(F)(F)F)ncc1[N+](=O)[O-]. The molecule has 0 aliphatic rings. The van der Waals surface area contributed by atoms with Gasteiger partial charge in [-0.2, -0.15) is 13.2 Å². The van der Waals surface area contributed by atoms with E-state index in [1.807, 2.05) is 0 Å². The van der Waals surface area contributed by atoms with Gasteiger partial charge in [-0.3, -0.25) is 10.1 Å². The highest BCUT2D eigenvalue weighted by atomic mass is 19.4. The molecule has 1 rings (SSSR count). The van der Waals surface area contributed by atoms with Gasteiger partial charge in [0, 0.05) is 12.6 Å². The van der Waals surface area contributed by atoms with Crippen molar-refractivity contribution in [1.29, 1.82) is 0 Å². The van der Waals surface area contributed by atoms with Crippen LogP contribution in [0.15, 0.2) is 12.3 Å². The molecule has 0 spiro atoms. The Kier molecular flexibility index (Phi) is 4.07. The molecule has 0 fully saturated rings. The van der Waals surface area contributed by atoms with E-state index in [-0.39, 0.29) is 18.3 Å². The highest BCUT2D eigenvalue weighted by Crippen LogP contribution is 2.32. The summed E-state index contributed by atoms with van der Waals surface area (Å²) in [5, 5.41) is 13.1. The van der Waals surface area contributed by atoms with Gasteiger partial charge in [0.1, 0.15) is 17.6 Å². The van der Waals surface area contributed by atoms with Crippen LogP contribution >= 0.6 is 0 Å². The summed E-state index contributed by atoms with van der Waals surface area (Å²) in [6.45, 7) is 1.73. The number of halogens is 3. The molecule has 6 nitrogen and oxygen atoms in total.